The van der Waals surface area contributed by atoms with Gasteiger partial charge in [-0.2, -0.15) is 13.2 Å². The molecule has 0 saturated carbocycles. The number of sulfonamides is 1. The van der Waals surface area contributed by atoms with E-state index < -0.39 is 32.7 Å². The number of hydrogen-bond donors (Lipinski definition) is 1. The molecule has 0 radical (unpaired) electrons. The van der Waals surface area contributed by atoms with Crippen molar-refractivity contribution >= 4 is 21.6 Å². The lowest BCUT2D eigenvalue weighted by atomic mass is 10.2. The van der Waals surface area contributed by atoms with Crippen LogP contribution >= 0.6 is 11.6 Å². The predicted octanol–water partition coefficient (Wildman–Crippen LogP) is 2.67. The van der Waals surface area contributed by atoms with Crippen LogP contribution in [0.5, 0.6) is 0 Å². The van der Waals surface area contributed by atoms with Gasteiger partial charge in [0.1, 0.15) is 0 Å². The van der Waals surface area contributed by atoms with Gasteiger partial charge in [-0.25, -0.2) is 13.1 Å². The first-order valence-corrected chi connectivity index (χ1v) is 7.32. The molecule has 0 spiro atoms. The van der Waals surface area contributed by atoms with Gasteiger partial charge in [-0.15, -0.1) is 0 Å². The van der Waals surface area contributed by atoms with E-state index in [1.807, 2.05) is 0 Å². The lowest BCUT2D eigenvalue weighted by molar-refractivity contribution is -0.139. The Labute approximate surface area is 119 Å². The molecule has 0 aliphatic rings. The van der Waals surface area contributed by atoms with Crippen molar-refractivity contribution in [3.63, 3.8) is 0 Å². The molecule has 114 valence electrons. The quantitative estimate of drug-likeness (QED) is 0.902. The number of halogens is 4. The highest BCUT2D eigenvalue weighted by molar-refractivity contribution is 7.89. The maximum Gasteiger partial charge on any atom is 0.417 e. The van der Waals surface area contributed by atoms with Crippen molar-refractivity contribution in [2.45, 2.75) is 24.0 Å². The topological polar surface area (TPSA) is 55.4 Å². The molecule has 0 fully saturated rings. The van der Waals surface area contributed by atoms with E-state index in [0.717, 1.165) is 12.1 Å². The Kier molecular flexibility index (Phi) is 5.42. The van der Waals surface area contributed by atoms with Gasteiger partial charge >= 0.3 is 6.18 Å². The van der Waals surface area contributed by atoms with Crippen molar-refractivity contribution < 1.29 is 26.3 Å². The van der Waals surface area contributed by atoms with E-state index in [4.69, 9.17) is 16.3 Å². The maximum absolute atomic E-state index is 12.9. The van der Waals surface area contributed by atoms with Gasteiger partial charge in [-0.3, -0.25) is 0 Å². The average Bonchev–Trinajstić information content (AvgIpc) is 2.26. The van der Waals surface area contributed by atoms with E-state index in [9.17, 15) is 21.6 Å². The monoisotopic (exact) mass is 331 g/mol. The summed E-state index contributed by atoms with van der Waals surface area (Å²) in [5, 5.41) is -0.193. The maximum atomic E-state index is 12.9. The second-order valence-electron chi connectivity index (χ2n) is 4.12. The fourth-order valence-electron chi connectivity index (χ4n) is 1.57. The van der Waals surface area contributed by atoms with Crippen molar-refractivity contribution in [2.75, 3.05) is 13.7 Å². The Balaban J connectivity index is 3.25. The Morgan fingerprint density at radius 2 is 2.00 bits per heavy atom. The summed E-state index contributed by atoms with van der Waals surface area (Å²) in [6.07, 6.45) is -4.82. The zero-order chi connectivity index (χ0) is 15.6. The van der Waals surface area contributed by atoms with Crippen molar-refractivity contribution in [3.8, 4) is 0 Å². The summed E-state index contributed by atoms with van der Waals surface area (Å²) in [4.78, 5) is -0.864. The highest BCUT2D eigenvalue weighted by atomic mass is 35.5. The van der Waals surface area contributed by atoms with Gasteiger partial charge in [0, 0.05) is 18.2 Å². The van der Waals surface area contributed by atoms with E-state index in [1.54, 1.807) is 0 Å². The molecule has 1 aromatic carbocycles. The number of nitrogens with one attached hydrogen (secondary N) is 1. The Morgan fingerprint density at radius 1 is 1.40 bits per heavy atom. The van der Waals surface area contributed by atoms with E-state index in [0.29, 0.717) is 6.07 Å². The lowest BCUT2D eigenvalue weighted by Crippen LogP contribution is -2.36. The highest BCUT2D eigenvalue weighted by Gasteiger charge is 2.37. The van der Waals surface area contributed by atoms with Crippen molar-refractivity contribution in [3.05, 3.63) is 28.8 Å². The molecule has 1 rings (SSSR count). The van der Waals surface area contributed by atoms with Gasteiger partial charge < -0.3 is 4.74 Å². The molecule has 0 aliphatic heterocycles. The molecule has 1 N–H and O–H groups in total. The molecule has 0 heterocycles. The molecular weight excluding hydrogens is 319 g/mol. The van der Waals surface area contributed by atoms with Gasteiger partial charge in [0.05, 0.1) is 17.1 Å². The van der Waals surface area contributed by atoms with Gasteiger partial charge in [-0.1, -0.05) is 11.6 Å². The standard InChI is InChI=1S/C11H13ClF3NO3S/c1-7(6-19-2)16-20(17,18)10-4-3-8(12)5-9(10)11(13,14)15/h3-5,7,16H,6H2,1-2H3/t7-/m1/s1. The summed E-state index contributed by atoms with van der Waals surface area (Å²) in [5.74, 6) is 0. The molecule has 0 bridgehead atoms. The van der Waals surface area contributed by atoms with Gasteiger partial charge in [-0.05, 0) is 25.1 Å². The molecule has 0 unspecified atom stereocenters. The number of hydrogen-bond acceptors (Lipinski definition) is 3. The van der Waals surface area contributed by atoms with Crippen LogP contribution < -0.4 is 4.72 Å². The fraction of sp³-hybridized carbons (Fsp3) is 0.455. The van der Waals surface area contributed by atoms with Crippen LogP contribution in [0, 0.1) is 0 Å². The summed E-state index contributed by atoms with van der Waals surface area (Å²) in [6, 6.07) is 1.83. The lowest BCUT2D eigenvalue weighted by Gasteiger charge is -2.17. The smallest absolute Gasteiger partial charge is 0.383 e. The molecule has 1 atom stereocenters. The number of rotatable bonds is 5. The zero-order valence-electron chi connectivity index (χ0n) is 10.7. The van der Waals surface area contributed by atoms with Crippen molar-refractivity contribution in [1.82, 2.24) is 4.72 Å². The Hall–Kier alpha value is -0.830. The zero-order valence-corrected chi connectivity index (χ0v) is 12.2. The van der Waals surface area contributed by atoms with Crippen LogP contribution in [0.1, 0.15) is 12.5 Å². The third-order valence-corrected chi connectivity index (χ3v) is 4.19. The van der Waals surface area contributed by atoms with Crippen LogP contribution in [0.15, 0.2) is 23.1 Å². The fourth-order valence-corrected chi connectivity index (χ4v) is 3.18. The minimum atomic E-state index is -4.82. The first-order valence-electron chi connectivity index (χ1n) is 5.46. The van der Waals surface area contributed by atoms with Crippen LogP contribution in [-0.2, 0) is 20.9 Å². The molecule has 9 heteroatoms. The predicted molar refractivity (Wildman–Crippen MR) is 68.1 cm³/mol. The average molecular weight is 332 g/mol. The Bertz CT molecular complexity index is 575. The minimum absolute atomic E-state index is 0.0359. The summed E-state index contributed by atoms with van der Waals surface area (Å²) in [7, 11) is -2.97. The van der Waals surface area contributed by atoms with Crippen LogP contribution in [-0.4, -0.2) is 28.2 Å². The number of methoxy groups -OCH3 is 1. The van der Waals surface area contributed by atoms with Crippen LogP contribution in [0.4, 0.5) is 13.2 Å². The molecule has 0 saturated heterocycles. The van der Waals surface area contributed by atoms with E-state index in [2.05, 4.69) is 4.72 Å². The third kappa shape index (κ3) is 4.34. The molecule has 4 nitrogen and oxygen atoms in total. The second-order valence-corrected chi connectivity index (χ2v) is 6.23. The largest absolute Gasteiger partial charge is 0.417 e. The van der Waals surface area contributed by atoms with Gasteiger partial charge in [0.2, 0.25) is 10.0 Å². The molecule has 0 aromatic heterocycles. The molecule has 20 heavy (non-hydrogen) atoms. The molecule has 0 amide bonds. The Morgan fingerprint density at radius 3 is 2.50 bits per heavy atom. The van der Waals surface area contributed by atoms with E-state index in [-0.39, 0.29) is 11.6 Å². The SMILES string of the molecule is COC[C@@H](C)NS(=O)(=O)c1ccc(Cl)cc1C(F)(F)F. The van der Waals surface area contributed by atoms with Crippen molar-refractivity contribution in [1.29, 1.82) is 0 Å². The summed E-state index contributed by atoms with van der Waals surface area (Å²) in [6.45, 7) is 1.51. The number of alkyl halides is 3. The third-order valence-electron chi connectivity index (χ3n) is 2.31. The highest BCUT2D eigenvalue weighted by Crippen LogP contribution is 2.35. The first kappa shape index (κ1) is 17.2. The minimum Gasteiger partial charge on any atom is -0.383 e. The molecule has 1 aromatic rings. The van der Waals surface area contributed by atoms with Crippen molar-refractivity contribution in [2.24, 2.45) is 0 Å². The van der Waals surface area contributed by atoms with Crippen LogP contribution in [0.25, 0.3) is 0 Å². The number of benzene rings is 1. The number of ether oxygens (including phenoxy) is 1. The second kappa shape index (κ2) is 6.30. The molecular formula is C11H13ClF3NO3S. The summed E-state index contributed by atoms with van der Waals surface area (Å²) >= 11 is 5.49. The van der Waals surface area contributed by atoms with Crippen LogP contribution in [0.2, 0.25) is 5.02 Å². The normalized spacial score (nSPS) is 14.3. The molecule has 0 aliphatic carbocycles. The van der Waals surface area contributed by atoms with Gasteiger partial charge in [0.15, 0.2) is 0 Å². The van der Waals surface area contributed by atoms with E-state index >= 15 is 0 Å². The van der Waals surface area contributed by atoms with Gasteiger partial charge in [0.25, 0.3) is 0 Å². The van der Waals surface area contributed by atoms with Crippen LogP contribution in [0.3, 0.4) is 0 Å². The summed E-state index contributed by atoms with van der Waals surface area (Å²) in [5.41, 5.74) is -1.30. The van der Waals surface area contributed by atoms with E-state index in [1.165, 1.54) is 14.0 Å². The summed E-state index contributed by atoms with van der Waals surface area (Å²) < 4.78 is 69.4. The first-order chi connectivity index (χ1) is 9.08.